The lowest BCUT2D eigenvalue weighted by Crippen LogP contribution is -2.24. The van der Waals surface area contributed by atoms with Gasteiger partial charge in [0.15, 0.2) is 11.9 Å². The number of aliphatic imine (C=N–C) groups is 2. The van der Waals surface area contributed by atoms with E-state index in [1.54, 1.807) is 37.3 Å². The Kier molecular flexibility index (Phi) is 12.6. The first-order valence-electron chi connectivity index (χ1n) is 13.6. The first-order chi connectivity index (χ1) is 23.3. The molecule has 50 heavy (non-hydrogen) atoms. The van der Waals surface area contributed by atoms with Crippen molar-refractivity contribution in [2.24, 2.45) is 32.9 Å². The lowest BCUT2D eigenvalue weighted by Gasteiger charge is -2.09. The van der Waals surface area contributed by atoms with Crippen molar-refractivity contribution in [2.75, 3.05) is 0 Å². The van der Waals surface area contributed by atoms with E-state index in [0.29, 0.717) is 20.5 Å². The van der Waals surface area contributed by atoms with Crippen LogP contribution in [0.1, 0.15) is 31.8 Å². The van der Waals surface area contributed by atoms with E-state index in [1.165, 1.54) is 49.0 Å². The number of sulfone groups is 1. The third kappa shape index (κ3) is 9.75. The summed E-state index contributed by atoms with van der Waals surface area (Å²) in [5.41, 5.74) is 20.3. The first-order valence-corrected chi connectivity index (χ1v) is 16.7. The van der Waals surface area contributed by atoms with Crippen LogP contribution in [0.3, 0.4) is 0 Å². The average molecular weight is 762 g/mol. The number of hydrogen-bond donors (Lipinski definition) is 4. The van der Waals surface area contributed by atoms with Crippen LogP contribution in [0.15, 0.2) is 102 Å². The molecule has 8 N–H and O–H groups in total. The quantitative estimate of drug-likeness (QED) is 0.0803. The van der Waals surface area contributed by atoms with Gasteiger partial charge < -0.3 is 22.9 Å². The van der Waals surface area contributed by atoms with E-state index in [2.05, 4.69) is 9.98 Å². The van der Waals surface area contributed by atoms with Gasteiger partial charge in [-0.2, -0.15) is 9.98 Å². The zero-order chi connectivity index (χ0) is 37.5. The molecule has 0 aliphatic carbocycles. The molecular weight excluding hydrogens is 735 g/mol. The zero-order valence-corrected chi connectivity index (χ0v) is 29.0. The number of halogens is 2. The van der Waals surface area contributed by atoms with E-state index in [9.17, 15) is 38.2 Å². The molecule has 4 aromatic rings. The number of amides is 2. The molecule has 4 aromatic carbocycles. The fraction of sp³-hybridized carbons (Fsp3) is 0.0667. The summed E-state index contributed by atoms with van der Waals surface area (Å²) in [4.78, 5) is 52.4. The number of benzene rings is 4. The highest BCUT2D eigenvalue weighted by molar-refractivity contribution is 7.99. The van der Waals surface area contributed by atoms with Crippen molar-refractivity contribution >= 4 is 79.9 Å². The van der Waals surface area contributed by atoms with Crippen LogP contribution in [0, 0.1) is 34.1 Å². The second-order valence-electron chi connectivity index (χ2n) is 9.98. The summed E-state index contributed by atoms with van der Waals surface area (Å²) in [6.07, 6.45) is 0. The molecule has 0 atom stereocenters. The van der Waals surface area contributed by atoms with Crippen molar-refractivity contribution in [3.63, 3.8) is 0 Å². The summed E-state index contributed by atoms with van der Waals surface area (Å²) < 4.78 is 25.6. The fourth-order valence-corrected chi connectivity index (χ4v) is 6.85. The van der Waals surface area contributed by atoms with Gasteiger partial charge in [0, 0.05) is 27.1 Å². The summed E-state index contributed by atoms with van der Waals surface area (Å²) in [5, 5.41) is 23.6. The molecule has 4 rings (SSSR count). The number of rotatable bonds is 8. The van der Waals surface area contributed by atoms with Crippen LogP contribution in [0.25, 0.3) is 0 Å². The standard InChI is InChI=1S/C15H13ClN4O5S.C15H13ClN4O3S/c1-8-6-13(26(24,25)10-4-2-9(16)3-5-10)12(20(22)23)7-11(8)14(21)19-15(17)18;1-8-6-13(24-10-4-2-9(16)3-5-10)12(20(22)23)7-11(8)14(21)19-15(17)18/h2-7H,1H3,(H4,17,18,19,21);2-7H,1H3,(H4,17,18,19,21). The Labute approximate surface area is 298 Å². The van der Waals surface area contributed by atoms with E-state index >= 15 is 0 Å². The highest BCUT2D eigenvalue weighted by Gasteiger charge is 2.30. The molecule has 0 aliphatic rings. The van der Waals surface area contributed by atoms with Crippen LogP contribution < -0.4 is 22.9 Å². The van der Waals surface area contributed by atoms with E-state index in [1.807, 2.05) is 0 Å². The molecule has 16 nitrogen and oxygen atoms in total. The molecule has 2 amide bonds. The van der Waals surface area contributed by atoms with Crippen LogP contribution in [0.2, 0.25) is 10.0 Å². The van der Waals surface area contributed by atoms with Crippen molar-refractivity contribution < 1.29 is 27.9 Å². The smallest absolute Gasteiger partial charge is 0.289 e. The Morgan fingerprint density at radius 3 is 1.56 bits per heavy atom. The summed E-state index contributed by atoms with van der Waals surface area (Å²) in [7, 11) is -4.22. The minimum atomic E-state index is -4.22. The van der Waals surface area contributed by atoms with Gasteiger partial charge in [-0.05, 0) is 85.6 Å². The van der Waals surface area contributed by atoms with Crippen LogP contribution in [0.5, 0.6) is 0 Å². The number of guanidine groups is 2. The van der Waals surface area contributed by atoms with Crippen LogP contribution in [-0.2, 0) is 9.84 Å². The molecule has 260 valence electrons. The summed E-state index contributed by atoms with van der Waals surface area (Å²) >= 11 is 12.8. The van der Waals surface area contributed by atoms with Crippen molar-refractivity contribution in [3.05, 3.63) is 125 Å². The number of nitro groups is 2. The number of hydrogen-bond acceptors (Lipinski definition) is 9. The number of aryl methyl sites for hydroxylation is 2. The van der Waals surface area contributed by atoms with Crippen LogP contribution in [-0.4, -0.2) is 42.0 Å². The van der Waals surface area contributed by atoms with Crippen LogP contribution >= 0.6 is 35.0 Å². The second-order valence-corrected chi connectivity index (χ2v) is 13.9. The summed E-state index contributed by atoms with van der Waals surface area (Å²) in [6.45, 7) is 3.07. The predicted molar refractivity (Wildman–Crippen MR) is 188 cm³/mol. The molecule has 0 fully saturated rings. The zero-order valence-electron chi connectivity index (χ0n) is 25.9. The van der Waals surface area contributed by atoms with Gasteiger partial charge in [-0.1, -0.05) is 35.0 Å². The minimum absolute atomic E-state index is 0.0792. The van der Waals surface area contributed by atoms with Crippen molar-refractivity contribution in [1.82, 2.24) is 0 Å². The van der Waals surface area contributed by atoms with E-state index < -0.39 is 54.0 Å². The monoisotopic (exact) mass is 760 g/mol. The van der Waals surface area contributed by atoms with Gasteiger partial charge in [-0.15, -0.1) is 0 Å². The largest absolute Gasteiger partial charge is 0.370 e. The second kappa shape index (κ2) is 16.2. The number of nitrogens with zero attached hydrogens (tertiary/aromatic N) is 4. The number of nitrogens with two attached hydrogens (primary N) is 4. The number of carbonyl (C=O) groups is 2. The van der Waals surface area contributed by atoms with Crippen molar-refractivity contribution in [1.29, 1.82) is 0 Å². The first kappa shape index (κ1) is 38.9. The van der Waals surface area contributed by atoms with Crippen molar-refractivity contribution in [2.45, 2.75) is 33.4 Å². The minimum Gasteiger partial charge on any atom is -0.370 e. The van der Waals surface area contributed by atoms with Crippen LogP contribution in [0.4, 0.5) is 11.4 Å². The molecule has 0 unspecified atom stereocenters. The van der Waals surface area contributed by atoms with Gasteiger partial charge in [0.05, 0.1) is 30.8 Å². The molecular formula is C30H26Cl2N8O8S2. The Morgan fingerprint density at radius 2 is 1.12 bits per heavy atom. The topological polar surface area (TPSA) is 283 Å². The maximum Gasteiger partial charge on any atom is 0.289 e. The number of nitro benzene ring substituents is 2. The van der Waals surface area contributed by atoms with E-state index in [-0.39, 0.29) is 27.3 Å². The van der Waals surface area contributed by atoms with Gasteiger partial charge in [-0.3, -0.25) is 29.8 Å². The Bertz CT molecular complexity index is 2170. The van der Waals surface area contributed by atoms with E-state index in [4.69, 9.17) is 46.1 Å². The molecule has 0 bridgehead atoms. The fourth-order valence-electron chi connectivity index (χ4n) is 4.11. The molecule has 0 aliphatic heterocycles. The maximum atomic E-state index is 12.8. The summed E-state index contributed by atoms with van der Waals surface area (Å²) in [5.74, 6) is -2.56. The molecule has 20 heteroatoms. The molecule has 0 heterocycles. The highest BCUT2D eigenvalue weighted by atomic mass is 35.5. The maximum absolute atomic E-state index is 12.8. The third-order valence-corrected chi connectivity index (χ3v) is 9.74. The third-order valence-electron chi connectivity index (χ3n) is 6.38. The highest BCUT2D eigenvalue weighted by Crippen LogP contribution is 2.37. The van der Waals surface area contributed by atoms with Gasteiger partial charge in [0.2, 0.25) is 9.84 Å². The van der Waals surface area contributed by atoms with Gasteiger partial charge in [0.1, 0.15) is 4.90 Å². The lowest BCUT2D eigenvalue weighted by molar-refractivity contribution is -0.388. The number of carbonyl (C=O) groups excluding carboxylic acids is 2. The van der Waals surface area contributed by atoms with Crippen molar-refractivity contribution in [3.8, 4) is 0 Å². The molecule has 0 saturated carbocycles. The van der Waals surface area contributed by atoms with Gasteiger partial charge >= 0.3 is 0 Å². The molecule has 0 aromatic heterocycles. The Morgan fingerprint density at radius 1 is 0.700 bits per heavy atom. The SMILES string of the molecule is Cc1cc(S(=O)(=O)c2ccc(Cl)cc2)c([N+](=O)[O-])cc1C(=O)N=C(N)N.Cc1cc(Sc2ccc(Cl)cc2)c([N+](=O)[O-])cc1C(=O)N=C(N)N. The Hall–Kier alpha value is -5.56. The molecule has 0 saturated heterocycles. The Balaban J connectivity index is 0.000000271. The molecule has 0 radical (unpaired) electrons. The van der Waals surface area contributed by atoms with E-state index in [0.717, 1.165) is 17.0 Å². The lowest BCUT2D eigenvalue weighted by atomic mass is 10.1. The summed E-state index contributed by atoms with van der Waals surface area (Å²) in [6, 6.07) is 16.7. The van der Waals surface area contributed by atoms with Gasteiger partial charge in [0.25, 0.3) is 23.2 Å². The molecule has 0 spiro atoms. The predicted octanol–water partition coefficient (Wildman–Crippen LogP) is 4.92. The van der Waals surface area contributed by atoms with Gasteiger partial charge in [-0.25, -0.2) is 8.42 Å². The average Bonchev–Trinajstić information content (AvgIpc) is 3.01. The normalized spacial score (nSPS) is 10.6.